The quantitative estimate of drug-likeness (QED) is 0.747. The summed E-state index contributed by atoms with van der Waals surface area (Å²) >= 11 is 0. The van der Waals surface area contributed by atoms with Crippen molar-refractivity contribution in [3.63, 3.8) is 0 Å². The Morgan fingerprint density at radius 3 is 2.08 bits per heavy atom. The lowest BCUT2D eigenvalue weighted by molar-refractivity contribution is -0.139. The summed E-state index contributed by atoms with van der Waals surface area (Å²) in [4.78, 5) is 17.1. The van der Waals surface area contributed by atoms with Crippen LogP contribution in [-0.2, 0) is 4.79 Å². The number of amides is 1. The molecule has 0 radical (unpaired) electrons. The van der Waals surface area contributed by atoms with E-state index in [1.807, 2.05) is 0 Å². The van der Waals surface area contributed by atoms with E-state index in [1.165, 1.54) is 38.8 Å². The number of carbonyl (C=O) groups excluding carboxylic acids is 1. The van der Waals surface area contributed by atoms with Crippen LogP contribution in [0.2, 0.25) is 0 Å². The fraction of sp³-hybridized carbons (Fsp3) is 0.944. The second-order valence-corrected chi connectivity index (χ2v) is 7.47. The summed E-state index contributed by atoms with van der Waals surface area (Å²) in [5.74, 6) is 0.765. The average molecular weight is 362 g/mol. The van der Waals surface area contributed by atoms with Gasteiger partial charge in [0, 0.05) is 38.7 Å². The SMILES string of the molecule is CCO.CN1CCN(C(=O)C2CCC3(CCNCC3)CC2)CC1.Cl. The lowest BCUT2D eigenvalue weighted by Crippen LogP contribution is -2.50. The van der Waals surface area contributed by atoms with Gasteiger partial charge in [-0.25, -0.2) is 0 Å². The third kappa shape index (κ3) is 5.87. The summed E-state index contributed by atoms with van der Waals surface area (Å²) in [6.07, 6.45) is 7.46. The van der Waals surface area contributed by atoms with Gasteiger partial charge in [0.25, 0.3) is 0 Å². The van der Waals surface area contributed by atoms with Crippen molar-refractivity contribution in [2.75, 3.05) is 52.9 Å². The van der Waals surface area contributed by atoms with Gasteiger partial charge in [0.2, 0.25) is 5.91 Å². The molecule has 2 heterocycles. The number of nitrogens with one attached hydrogen (secondary N) is 1. The van der Waals surface area contributed by atoms with Crippen LogP contribution in [0.25, 0.3) is 0 Å². The molecule has 1 aliphatic carbocycles. The number of likely N-dealkylation sites (N-methyl/N-ethyl adjacent to an activating group) is 1. The maximum Gasteiger partial charge on any atom is 0.225 e. The van der Waals surface area contributed by atoms with Crippen LogP contribution in [0.4, 0.5) is 0 Å². The summed E-state index contributed by atoms with van der Waals surface area (Å²) in [5, 5.41) is 11.0. The lowest BCUT2D eigenvalue weighted by Gasteiger charge is -2.44. The zero-order valence-corrected chi connectivity index (χ0v) is 16.2. The van der Waals surface area contributed by atoms with E-state index in [0.717, 1.165) is 39.0 Å². The molecule has 2 N–H and O–H groups in total. The first-order valence-electron chi connectivity index (χ1n) is 9.39. The number of nitrogens with zero attached hydrogens (tertiary/aromatic N) is 2. The molecule has 1 amide bonds. The second kappa shape index (κ2) is 10.6. The first-order valence-corrected chi connectivity index (χ1v) is 9.39. The number of hydrogen-bond donors (Lipinski definition) is 2. The molecule has 0 atom stereocenters. The van der Waals surface area contributed by atoms with Crippen molar-refractivity contribution in [2.24, 2.45) is 11.3 Å². The van der Waals surface area contributed by atoms with E-state index < -0.39 is 0 Å². The number of aliphatic hydroxyl groups excluding tert-OH is 1. The van der Waals surface area contributed by atoms with E-state index in [9.17, 15) is 4.79 Å². The van der Waals surface area contributed by atoms with Gasteiger partial charge < -0.3 is 20.2 Å². The molecule has 3 rings (SSSR count). The average Bonchev–Trinajstić information content (AvgIpc) is 2.57. The van der Waals surface area contributed by atoms with Crippen LogP contribution in [-0.4, -0.2) is 73.7 Å². The Labute approximate surface area is 153 Å². The maximum atomic E-state index is 12.6. The first-order chi connectivity index (χ1) is 11.1. The monoisotopic (exact) mass is 361 g/mol. The molecule has 0 aromatic rings. The van der Waals surface area contributed by atoms with Crippen LogP contribution in [0.3, 0.4) is 0 Å². The molecule has 2 saturated heterocycles. The normalized spacial score (nSPS) is 24.7. The Hall–Kier alpha value is -0.360. The van der Waals surface area contributed by atoms with Gasteiger partial charge >= 0.3 is 0 Å². The molecule has 142 valence electrons. The highest BCUT2D eigenvalue weighted by molar-refractivity contribution is 5.85. The second-order valence-electron chi connectivity index (χ2n) is 7.47. The van der Waals surface area contributed by atoms with Gasteiger partial charge in [0.15, 0.2) is 0 Å². The van der Waals surface area contributed by atoms with Gasteiger partial charge in [-0.3, -0.25) is 4.79 Å². The van der Waals surface area contributed by atoms with E-state index in [2.05, 4.69) is 22.2 Å². The number of rotatable bonds is 1. The maximum absolute atomic E-state index is 12.6. The van der Waals surface area contributed by atoms with E-state index in [4.69, 9.17) is 5.11 Å². The molecule has 0 aromatic heterocycles. The zero-order chi connectivity index (χ0) is 16.7. The Balaban J connectivity index is 0.000000671. The van der Waals surface area contributed by atoms with Gasteiger partial charge in [-0.15, -0.1) is 12.4 Å². The third-order valence-electron chi connectivity index (χ3n) is 5.87. The van der Waals surface area contributed by atoms with Gasteiger partial charge in [0.05, 0.1) is 0 Å². The predicted octanol–water partition coefficient (Wildman–Crippen LogP) is 1.74. The van der Waals surface area contributed by atoms with Crippen LogP contribution in [0.1, 0.15) is 45.4 Å². The van der Waals surface area contributed by atoms with Gasteiger partial charge in [-0.1, -0.05) is 0 Å². The predicted molar refractivity (Wildman–Crippen MR) is 101 cm³/mol. The minimum atomic E-state index is 0. The Bertz CT molecular complexity index is 357. The molecule has 24 heavy (non-hydrogen) atoms. The number of hydrogen-bond acceptors (Lipinski definition) is 4. The first kappa shape index (κ1) is 21.7. The van der Waals surface area contributed by atoms with E-state index in [0.29, 0.717) is 17.2 Å². The summed E-state index contributed by atoms with van der Waals surface area (Å²) in [7, 11) is 2.14. The molecular weight excluding hydrogens is 326 g/mol. The van der Waals surface area contributed by atoms with Crippen LogP contribution in [0.5, 0.6) is 0 Å². The standard InChI is InChI=1S/C16H29N3O.C2H6O.ClH/c1-18-10-12-19(13-11-18)15(20)14-2-4-16(5-3-14)6-8-17-9-7-16;1-2-3;/h14,17H,2-13H2,1H3;3H,2H2,1H3;1H. The molecule has 5 nitrogen and oxygen atoms in total. The highest BCUT2D eigenvalue weighted by atomic mass is 35.5. The summed E-state index contributed by atoms with van der Waals surface area (Å²) < 4.78 is 0. The highest BCUT2D eigenvalue weighted by Crippen LogP contribution is 2.45. The van der Waals surface area contributed by atoms with Crippen molar-refractivity contribution in [2.45, 2.75) is 45.4 Å². The van der Waals surface area contributed by atoms with Crippen molar-refractivity contribution in [3.8, 4) is 0 Å². The lowest BCUT2D eigenvalue weighted by atomic mass is 9.65. The van der Waals surface area contributed by atoms with Crippen molar-refractivity contribution in [1.82, 2.24) is 15.1 Å². The fourth-order valence-electron chi connectivity index (χ4n) is 4.22. The third-order valence-corrected chi connectivity index (χ3v) is 5.87. The molecule has 1 saturated carbocycles. The van der Waals surface area contributed by atoms with E-state index in [-0.39, 0.29) is 19.0 Å². The minimum absolute atomic E-state index is 0. The molecule has 6 heteroatoms. The van der Waals surface area contributed by atoms with Crippen LogP contribution < -0.4 is 5.32 Å². The Kier molecular flexibility index (Phi) is 9.57. The van der Waals surface area contributed by atoms with Crippen molar-refractivity contribution >= 4 is 18.3 Å². The van der Waals surface area contributed by atoms with Crippen LogP contribution >= 0.6 is 12.4 Å². The number of piperazine rings is 1. The molecule has 3 aliphatic rings. The molecule has 0 aromatic carbocycles. The van der Waals surface area contributed by atoms with Crippen LogP contribution in [0, 0.1) is 11.3 Å². The highest BCUT2D eigenvalue weighted by Gasteiger charge is 2.39. The molecule has 0 unspecified atom stereocenters. The molecule has 3 fully saturated rings. The Morgan fingerprint density at radius 2 is 1.58 bits per heavy atom. The largest absolute Gasteiger partial charge is 0.397 e. The van der Waals surface area contributed by atoms with Crippen molar-refractivity contribution in [3.05, 3.63) is 0 Å². The van der Waals surface area contributed by atoms with Crippen LogP contribution in [0.15, 0.2) is 0 Å². The van der Waals surface area contributed by atoms with E-state index in [1.54, 1.807) is 6.92 Å². The van der Waals surface area contributed by atoms with Gasteiger partial charge in [0.1, 0.15) is 0 Å². The van der Waals surface area contributed by atoms with Crippen molar-refractivity contribution < 1.29 is 9.90 Å². The topological polar surface area (TPSA) is 55.8 Å². The number of piperidine rings is 1. The number of halogens is 1. The van der Waals surface area contributed by atoms with Gasteiger partial charge in [-0.05, 0) is 71.0 Å². The van der Waals surface area contributed by atoms with Gasteiger partial charge in [-0.2, -0.15) is 0 Å². The molecular formula is C18H36ClN3O2. The molecule has 2 aliphatic heterocycles. The Morgan fingerprint density at radius 1 is 1.08 bits per heavy atom. The molecule has 0 bridgehead atoms. The smallest absolute Gasteiger partial charge is 0.225 e. The van der Waals surface area contributed by atoms with E-state index >= 15 is 0 Å². The van der Waals surface area contributed by atoms with Crippen molar-refractivity contribution in [1.29, 1.82) is 0 Å². The number of aliphatic hydroxyl groups is 1. The number of carbonyl (C=O) groups is 1. The summed E-state index contributed by atoms with van der Waals surface area (Å²) in [6.45, 7) is 8.22. The summed E-state index contributed by atoms with van der Waals surface area (Å²) in [5.41, 5.74) is 0.574. The molecule has 1 spiro atoms. The fourth-order valence-corrected chi connectivity index (χ4v) is 4.22. The zero-order valence-electron chi connectivity index (χ0n) is 15.4. The summed E-state index contributed by atoms with van der Waals surface area (Å²) in [6, 6.07) is 0. The minimum Gasteiger partial charge on any atom is -0.397 e.